The van der Waals surface area contributed by atoms with Gasteiger partial charge in [-0.1, -0.05) is 38.0 Å². The second kappa shape index (κ2) is 10.6. The van der Waals surface area contributed by atoms with Crippen molar-refractivity contribution >= 4 is 40.9 Å². The van der Waals surface area contributed by atoms with Gasteiger partial charge in [-0.3, -0.25) is 0 Å². The fourth-order valence-electron chi connectivity index (χ4n) is 3.41. The predicted molar refractivity (Wildman–Crippen MR) is 123 cm³/mol. The van der Waals surface area contributed by atoms with E-state index < -0.39 is 5.97 Å². The molecule has 1 aliphatic heterocycles. The first kappa shape index (κ1) is 21.7. The molecule has 0 radical (unpaired) electrons. The van der Waals surface area contributed by atoms with Crippen molar-refractivity contribution in [2.45, 2.75) is 36.0 Å². The van der Waals surface area contributed by atoms with Crippen LogP contribution >= 0.6 is 23.5 Å². The molecule has 0 saturated heterocycles. The molecule has 0 fully saturated rings. The summed E-state index contributed by atoms with van der Waals surface area (Å²) in [5.41, 5.74) is 2.39. The van der Waals surface area contributed by atoms with Crippen molar-refractivity contribution in [1.29, 1.82) is 0 Å². The molecule has 0 spiro atoms. The van der Waals surface area contributed by atoms with Gasteiger partial charge in [0.05, 0.1) is 22.9 Å². The van der Waals surface area contributed by atoms with Crippen LogP contribution in [-0.4, -0.2) is 29.6 Å². The van der Waals surface area contributed by atoms with Crippen LogP contribution in [0.4, 0.5) is 11.4 Å². The number of benzene rings is 2. The van der Waals surface area contributed by atoms with Crippen LogP contribution < -0.4 is 9.64 Å². The van der Waals surface area contributed by atoms with E-state index in [-0.39, 0.29) is 0 Å². The van der Waals surface area contributed by atoms with Gasteiger partial charge in [0.1, 0.15) is 5.75 Å². The number of aliphatic carboxylic acids is 1. The molecule has 0 saturated carbocycles. The van der Waals surface area contributed by atoms with Crippen LogP contribution in [0, 0.1) is 5.92 Å². The molecule has 1 atom stereocenters. The summed E-state index contributed by atoms with van der Waals surface area (Å²) in [4.78, 5) is 15.3. The first-order valence-corrected chi connectivity index (χ1v) is 12.1. The van der Waals surface area contributed by atoms with E-state index in [0.29, 0.717) is 11.7 Å². The van der Waals surface area contributed by atoms with Crippen LogP contribution in [0.25, 0.3) is 0 Å². The van der Waals surface area contributed by atoms with Crippen LogP contribution in [0.5, 0.6) is 5.75 Å². The van der Waals surface area contributed by atoms with Gasteiger partial charge < -0.3 is 14.7 Å². The number of carbonyl (C=O) groups is 1. The van der Waals surface area contributed by atoms with Crippen LogP contribution in [0.3, 0.4) is 0 Å². The lowest BCUT2D eigenvalue weighted by molar-refractivity contribution is -0.131. The van der Waals surface area contributed by atoms with E-state index in [9.17, 15) is 4.79 Å². The fourth-order valence-corrected chi connectivity index (χ4v) is 5.14. The highest BCUT2D eigenvalue weighted by Gasteiger charge is 2.25. The van der Waals surface area contributed by atoms with Crippen molar-refractivity contribution in [3.05, 3.63) is 54.8 Å². The molecule has 154 valence electrons. The number of carboxylic acid groups (broad SMARTS) is 1. The number of nitrogens with zero attached hydrogens (tertiary/aromatic N) is 1. The highest BCUT2D eigenvalue weighted by molar-refractivity contribution is 7.99. The molecule has 2 aromatic rings. The lowest BCUT2D eigenvalue weighted by Crippen LogP contribution is -2.25. The van der Waals surface area contributed by atoms with Crippen LogP contribution in [0.15, 0.2) is 64.6 Å². The minimum atomic E-state index is -1.02. The summed E-state index contributed by atoms with van der Waals surface area (Å²) in [5.74, 6) is 1.36. The van der Waals surface area contributed by atoms with Crippen molar-refractivity contribution in [3.63, 3.8) is 0 Å². The Kier molecular flexibility index (Phi) is 7.95. The SMILES string of the molecule is CCCCC1CSc2cc(O/C=C\C(=O)O)c(SC)cc2N(c2ccccc2)C1. The predicted octanol–water partition coefficient (Wildman–Crippen LogP) is 6.44. The van der Waals surface area contributed by atoms with Crippen molar-refractivity contribution in [1.82, 2.24) is 0 Å². The molecule has 29 heavy (non-hydrogen) atoms. The van der Waals surface area contributed by atoms with Crippen LogP contribution in [-0.2, 0) is 4.79 Å². The molecule has 3 rings (SSSR count). The number of thioether (sulfide) groups is 2. The van der Waals surface area contributed by atoms with Crippen LogP contribution in [0.1, 0.15) is 26.2 Å². The Labute approximate surface area is 181 Å². The Bertz CT molecular complexity index is 855. The standard InChI is InChI=1S/C23H27NO3S2/c1-3-4-8-17-15-24(18-9-6-5-7-10-18)19-13-22(28-2)20(14-21(19)29-16-17)27-12-11-23(25)26/h5-7,9-14,17H,3-4,8,15-16H2,1-2H3,(H,25,26)/b12-11-. The average Bonchev–Trinajstić information content (AvgIpc) is 2.91. The van der Waals surface area contributed by atoms with E-state index in [2.05, 4.69) is 48.2 Å². The number of hydrogen-bond acceptors (Lipinski definition) is 5. The van der Waals surface area contributed by atoms with Gasteiger partial charge in [0, 0.05) is 22.9 Å². The van der Waals surface area contributed by atoms with E-state index in [4.69, 9.17) is 9.84 Å². The summed E-state index contributed by atoms with van der Waals surface area (Å²) in [7, 11) is 0. The summed E-state index contributed by atoms with van der Waals surface area (Å²) in [6.07, 6.45) is 7.94. The van der Waals surface area contributed by atoms with Crippen LogP contribution in [0.2, 0.25) is 0 Å². The highest BCUT2D eigenvalue weighted by atomic mass is 32.2. The van der Waals surface area contributed by atoms with Gasteiger partial charge in [0.15, 0.2) is 0 Å². The molecule has 0 aromatic heterocycles. The number of para-hydroxylation sites is 1. The normalized spacial score (nSPS) is 16.5. The van der Waals surface area contributed by atoms with Crippen molar-refractivity contribution in [2.75, 3.05) is 23.5 Å². The quantitative estimate of drug-likeness (QED) is 0.296. The van der Waals surface area contributed by atoms with Crippen molar-refractivity contribution < 1.29 is 14.6 Å². The number of unbranched alkanes of at least 4 members (excludes halogenated alkanes) is 1. The smallest absolute Gasteiger partial charge is 0.331 e. The molecule has 1 unspecified atom stereocenters. The molecular formula is C23H27NO3S2. The maximum absolute atomic E-state index is 10.8. The monoisotopic (exact) mass is 429 g/mol. The minimum absolute atomic E-state index is 0.613. The zero-order valence-corrected chi connectivity index (χ0v) is 18.5. The molecule has 0 bridgehead atoms. The number of anilines is 2. The Balaban J connectivity index is 1.99. The Morgan fingerprint density at radius 1 is 1.34 bits per heavy atom. The first-order chi connectivity index (χ1) is 14.1. The average molecular weight is 430 g/mol. The lowest BCUT2D eigenvalue weighted by Gasteiger charge is -2.28. The van der Waals surface area contributed by atoms with Gasteiger partial charge in [-0.05, 0) is 42.9 Å². The molecule has 2 aromatic carbocycles. The third kappa shape index (κ3) is 5.73. The number of ether oxygens (including phenoxy) is 1. The van der Waals surface area contributed by atoms with Crippen molar-refractivity contribution in [3.8, 4) is 5.75 Å². The van der Waals surface area contributed by atoms with Gasteiger partial charge >= 0.3 is 5.97 Å². The molecule has 0 aliphatic carbocycles. The molecule has 0 amide bonds. The number of carboxylic acids is 1. The summed E-state index contributed by atoms with van der Waals surface area (Å²) in [5, 5.41) is 8.83. The number of hydrogen-bond donors (Lipinski definition) is 1. The topological polar surface area (TPSA) is 49.8 Å². The van der Waals surface area contributed by atoms with Gasteiger partial charge in [-0.15, -0.1) is 23.5 Å². The van der Waals surface area contributed by atoms with Gasteiger partial charge in [-0.2, -0.15) is 0 Å². The first-order valence-electron chi connectivity index (χ1n) is 9.86. The summed E-state index contributed by atoms with van der Waals surface area (Å²) < 4.78 is 5.66. The second-order valence-electron chi connectivity index (χ2n) is 7.00. The van der Waals surface area contributed by atoms with Gasteiger partial charge in [-0.25, -0.2) is 4.79 Å². The Hall–Kier alpha value is -2.05. The van der Waals surface area contributed by atoms with E-state index in [1.165, 1.54) is 41.8 Å². The molecule has 1 aliphatic rings. The van der Waals surface area contributed by atoms with E-state index in [1.807, 2.05) is 24.1 Å². The van der Waals surface area contributed by atoms with Gasteiger partial charge in [0.2, 0.25) is 0 Å². The van der Waals surface area contributed by atoms with E-state index >= 15 is 0 Å². The second-order valence-corrected chi connectivity index (χ2v) is 8.90. The van der Waals surface area contributed by atoms with E-state index in [1.54, 1.807) is 11.8 Å². The molecule has 1 heterocycles. The summed E-state index contributed by atoms with van der Waals surface area (Å²) in [6.45, 7) is 3.24. The summed E-state index contributed by atoms with van der Waals surface area (Å²) >= 11 is 3.47. The highest BCUT2D eigenvalue weighted by Crippen LogP contribution is 2.45. The zero-order chi connectivity index (χ0) is 20.6. The number of rotatable bonds is 8. The fraction of sp³-hybridized carbons (Fsp3) is 0.348. The van der Waals surface area contributed by atoms with E-state index in [0.717, 1.165) is 23.3 Å². The maximum atomic E-state index is 10.8. The zero-order valence-electron chi connectivity index (χ0n) is 16.8. The molecule has 1 N–H and O–H groups in total. The molecule has 6 heteroatoms. The maximum Gasteiger partial charge on any atom is 0.331 e. The lowest BCUT2D eigenvalue weighted by atomic mass is 10.0. The minimum Gasteiger partial charge on any atom is -0.478 e. The number of fused-ring (bicyclic) bond motifs is 1. The summed E-state index contributed by atoms with van der Waals surface area (Å²) in [6, 6.07) is 14.8. The Morgan fingerprint density at radius 2 is 2.14 bits per heavy atom. The molecule has 4 nitrogen and oxygen atoms in total. The van der Waals surface area contributed by atoms with Gasteiger partial charge in [0.25, 0.3) is 0 Å². The third-order valence-electron chi connectivity index (χ3n) is 4.89. The largest absolute Gasteiger partial charge is 0.478 e. The Morgan fingerprint density at radius 3 is 2.83 bits per heavy atom. The van der Waals surface area contributed by atoms with Crippen molar-refractivity contribution in [2.24, 2.45) is 5.92 Å². The molecular weight excluding hydrogens is 402 g/mol. The third-order valence-corrected chi connectivity index (χ3v) is 6.93.